The van der Waals surface area contributed by atoms with E-state index < -0.39 is 0 Å². The Balaban J connectivity index is 1.58. The lowest BCUT2D eigenvalue weighted by atomic mass is 10.0. The predicted molar refractivity (Wildman–Crippen MR) is 78.3 cm³/mol. The molecule has 5 nitrogen and oxygen atoms in total. The minimum absolute atomic E-state index is 0.00253. The van der Waals surface area contributed by atoms with Crippen LogP contribution in [0.5, 0.6) is 0 Å². The molecular weight excluding hydrogens is 254 g/mol. The molecule has 2 saturated heterocycles. The number of carbonyl (C=O) groups excluding carboxylic acids is 2. The summed E-state index contributed by atoms with van der Waals surface area (Å²) in [6, 6.07) is 0.479. The molecule has 0 aromatic heterocycles. The second-order valence-corrected chi connectivity index (χ2v) is 5.90. The van der Waals surface area contributed by atoms with E-state index >= 15 is 0 Å². The van der Waals surface area contributed by atoms with Gasteiger partial charge in [-0.2, -0.15) is 0 Å². The molecule has 2 aliphatic rings. The number of hydrogen-bond acceptors (Lipinski definition) is 3. The molecule has 2 amide bonds. The lowest BCUT2D eigenvalue weighted by Gasteiger charge is -2.27. The maximum Gasteiger partial charge on any atom is 0.241 e. The highest BCUT2D eigenvalue weighted by Crippen LogP contribution is 2.11. The van der Waals surface area contributed by atoms with Crippen molar-refractivity contribution >= 4 is 11.8 Å². The van der Waals surface area contributed by atoms with Gasteiger partial charge in [0.15, 0.2) is 0 Å². The highest BCUT2D eigenvalue weighted by molar-refractivity contribution is 5.84. The average molecular weight is 281 g/mol. The van der Waals surface area contributed by atoms with Crippen molar-refractivity contribution in [3.8, 4) is 0 Å². The summed E-state index contributed by atoms with van der Waals surface area (Å²) in [6.45, 7) is 2.93. The zero-order chi connectivity index (χ0) is 14.2. The molecule has 0 aliphatic carbocycles. The van der Waals surface area contributed by atoms with Crippen molar-refractivity contribution in [2.45, 2.75) is 57.4 Å². The summed E-state index contributed by atoms with van der Waals surface area (Å²) in [5.74, 6) is 0.0663. The predicted octanol–water partition coefficient (Wildman–Crippen LogP) is 1.04. The summed E-state index contributed by atoms with van der Waals surface area (Å²) in [5.41, 5.74) is 0. The van der Waals surface area contributed by atoms with Gasteiger partial charge >= 0.3 is 0 Å². The van der Waals surface area contributed by atoms with Crippen LogP contribution in [0, 0.1) is 0 Å². The van der Waals surface area contributed by atoms with Crippen LogP contribution < -0.4 is 10.6 Å². The van der Waals surface area contributed by atoms with Gasteiger partial charge in [0.05, 0.1) is 6.54 Å². The number of piperidine rings is 2. The fraction of sp³-hybridized carbons (Fsp3) is 0.867. The van der Waals surface area contributed by atoms with Gasteiger partial charge < -0.3 is 15.5 Å². The van der Waals surface area contributed by atoms with Gasteiger partial charge in [-0.15, -0.1) is 0 Å². The average Bonchev–Trinajstić information content (AvgIpc) is 2.52. The molecule has 0 aromatic rings. The van der Waals surface area contributed by atoms with Gasteiger partial charge in [-0.3, -0.25) is 9.59 Å². The van der Waals surface area contributed by atoms with Crippen molar-refractivity contribution in [1.82, 2.24) is 15.5 Å². The summed E-state index contributed by atoms with van der Waals surface area (Å²) in [6.07, 6.45) is 8.46. The van der Waals surface area contributed by atoms with E-state index in [1.54, 1.807) is 0 Å². The highest BCUT2D eigenvalue weighted by atomic mass is 16.2. The zero-order valence-electron chi connectivity index (χ0n) is 12.3. The van der Waals surface area contributed by atoms with Crippen molar-refractivity contribution in [3.63, 3.8) is 0 Å². The van der Waals surface area contributed by atoms with Crippen LogP contribution in [0.1, 0.15) is 51.4 Å². The quantitative estimate of drug-likeness (QED) is 0.791. The van der Waals surface area contributed by atoms with E-state index in [0.717, 1.165) is 38.9 Å². The molecule has 0 spiro atoms. The van der Waals surface area contributed by atoms with E-state index in [1.165, 1.54) is 25.7 Å². The summed E-state index contributed by atoms with van der Waals surface area (Å²) in [4.78, 5) is 25.5. The topological polar surface area (TPSA) is 61.4 Å². The summed E-state index contributed by atoms with van der Waals surface area (Å²) >= 11 is 0. The van der Waals surface area contributed by atoms with E-state index in [2.05, 4.69) is 10.6 Å². The van der Waals surface area contributed by atoms with E-state index in [9.17, 15) is 9.59 Å². The van der Waals surface area contributed by atoms with E-state index in [4.69, 9.17) is 0 Å². The van der Waals surface area contributed by atoms with Gasteiger partial charge in [0.1, 0.15) is 0 Å². The second-order valence-electron chi connectivity index (χ2n) is 5.90. The molecule has 0 saturated carbocycles. The smallest absolute Gasteiger partial charge is 0.241 e. The van der Waals surface area contributed by atoms with Gasteiger partial charge in [-0.25, -0.2) is 0 Å². The summed E-state index contributed by atoms with van der Waals surface area (Å²) in [5, 5.41) is 6.20. The maximum atomic E-state index is 11.9. The summed E-state index contributed by atoms with van der Waals surface area (Å²) < 4.78 is 0. The second kappa shape index (κ2) is 8.25. The highest BCUT2D eigenvalue weighted by Gasteiger charge is 2.18. The number of amides is 2. The number of rotatable bonds is 5. The first-order valence-electron chi connectivity index (χ1n) is 8.03. The fourth-order valence-electron chi connectivity index (χ4n) is 2.99. The number of nitrogens with zero attached hydrogens (tertiary/aromatic N) is 1. The van der Waals surface area contributed by atoms with E-state index in [0.29, 0.717) is 12.5 Å². The number of carbonyl (C=O) groups is 2. The molecule has 0 radical (unpaired) electrons. The van der Waals surface area contributed by atoms with Gasteiger partial charge in [0.2, 0.25) is 11.8 Å². The molecular formula is C15H27N3O2. The van der Waals surface area contributed by atoms with Crippen molar-refractivity contribution in [1.29, 1.82) is 0 Å². The molecule has 114 valence electrons. The third kappa shape index (κ3) is 5.12. The molecule has 0 aromatic carbocycles. The lowest BCUT2D eigenvalue weighted by Crippen LogP contribution is -2.43. The first-order valence-corrected chi connectivity index (χ1v) is 8.03. The van der Waals surface area contributed by atoms with Crippen LogP contribution in [0.4, 0.5) is 0 Å². The first kappa shape index (κ1) is 15.3. The third-order valence-corrected chi connectivity index (χ3v) is 4.28. The molecule has 2 rings (SSSR count). The Kier molecular flexibility index (Phi) is 6.30. The SMILES string of the molecule is O=C(CCC1CCCCN1)NCC(=O)N1CCCCC1. The van der Waals surface area contributed by atoms with Crippen LogP contribution in [-0.4, -0.2) is 48.9 Å². The normalized spacial score (nSPS) is 23.4. The van der Waals surface area contributed by atoms with Crippen LogP contribution in [-0.2, 0) is 9.59 Å². The number of likely N-dealkylation sites (tertiary alicyclic amines) is 1. The van der Waals surface area contributed by atoms with Crippen LogP contribution >= 0.6 is 0 Å². The number of hydrogen-bond donors (Lipinski definition) is 2. The molecule has 2 N–H and O–H groups in total. The maximum absolute atomic E-state index is 11.9. The summed E-state index contributed by atoms with van der Waals surface area (Å²) in [7, 11) is 0. The van der Waals surface area contributed by atoms with Gasteiger partial charge in [-0.1, -0.05) is 6.42 Å². The Morgan fingerprint density at radius 2 is 1.90 bits per heavy atom. The molecule has 2 aliphatic heterocycles. The van der Waals surface area contributed by atoms with Crippen molar-refractivity contribution in [3.05, 3.63) is 0 Å². The van der Waals surface area contributed by atoms with Crippen molar-refractivity contribution in [2.24, 2.45) is 0 Å². The third-order valence-electron chi connectivity index (χ3n) is 4.28. The largest absolute Gasteiger partial charge is 0.347 e. The van der Waals surface area contributed by atoms with E-state index in [1.807, 2.05) is 4.90 Å². The molecule has 5 heteroatoms. The fourth-order valence-corrected chi connectivity index (χ4v) is 2.99. The molecule has 20 heavy (non-hydrogen) atoms. The van der Waals surface area contributed by atoms with Gasteiger partial charge in [0.25, 0.3) is 0 Å². The lowest BCUT2D eigenvalue weighted by molar-refractivity contribution is -0.133. The van der Waals surface area contributed by atoms with Crippen molar-refractivity contribution < 1.29 is 9.59 Å². The Morgan fingerprint density at radius 1 is 1.10 bits per heavy atom. The molecule has 0 bridgehead atoms. The Bertz CT molecular complexity index is 321. The first-order chi connectivity index (χ1) is 9.75. The van der Waals surface area contributed by atoms with Gasteiger partial charge in [-0.05, 0) is 45.1 Å². The zero-order valence-corrected chi connectivity index (χ0v) is 12.3. The van der Waals surface area contributed by atoms with Crippen LogP contribution in [0.3, 0.4) is 0 Å². The van der Waals surface area contributed by atoms with Crippen LogP contribution in [0.2, 0.25) is 0 Å². The Morgan fingerprint density at radius 3 is 2.60 bits per heavy atom. The Labute approximate surface area is 121 Å². The molecule has 1 atom stereocenters. The Hall–Kier alpha value is -1.10. The van der Waals surface area contributed by atoms with E-state index in [-0.39, 0.29) is 18.4 Å². The standard InChI is InChI=1S/C15H27N3O2/c19-14(8-7-13-6-2-3-9-16-13)17-12-15(20)18-10-4-1-5-11-18/h13,16H,1-12H2,(H,17,19). The monoisotopic (exact) mass is 281 g/mol. The van der Waals surface area contributed by atoms with Crippen LogP contribution in [0.15, 0.2) is 0 Å². The minimum Gasteiger partial charge on any atom is -0.347 e. The van der Waals surface area contributed by atoms with Crippen molar-refractivity contribution in [2.75, 3.05) is 26.2 Å². The molecule has 1 unspecified atom stereocenters. The van der Waals surface area contributed by atoms with Crippen LogP contribution in [0.25, 0.3) is 0 Å². The minimum atomic E-state index is 0.00253. The molecule has 2 fully saturated rings. The van der Waals surface area contributed by atoms with Gasteiger partial charge in [0, 0.05) is 25.6 Å². The molecule has 2 heterocycles. The number of nitrogens with one attached hydrogen (secondary N) is 2.